The average molecular weight is 281 g/mol. The normalized spacial score (nSPS) is 12.1. The van der Waals surface area contributed by atoms with E-state index < -0.39 is 0 Å². The molecule has 1 aromatic rings. The standard InChI is InChI=1S/C15H23NO4/c1-12(13-5-3-6-14(16)11-13)15(17)20-10-9-19-8-4-7-18-2/h3,5-6,11-12H,4,7-10,16H2,1-2H3. The minimum absolute atomic E-state index is 0.262. The number of esters is 1. The van der Waals surface area contributed by atoms with E-state index in [-0.39, 0.29) is 18.5 Å². The van der Waals surface area contributed by atoms with Crippen LogP contribution in [0.3, 0.4) is 0 Å². The molecule has 112 valence electrons. The third-order valence-electron chi connectivity index (χ3n) is 2.87. The molecule has 0 aliphatic heterocycles. The molecule has 1 rings (SSSR count). The third kappa shape index (κ3) is 6.04. The minimum Gasteiger partial charge on any atom is -0.463 e. The quantitative estimate of drug-likeness (QED) is 0.426. The zero-order chi connectivity index (χ0) is 14.8. The van der Waals surface area contributed by atoms with Gasteiger partial charge in [0, 0.05) is 26.0 Å². The molecule has 2 N–H and O–H groups in total. The molecular weight excluding hydrogens is 258 g/mol. The van der Waals surface area contributed by atoms with Crippen molar-refractivity contribution in [3.8, 4) is 0 Å². The smallest absolute Gasteiger partial charge is 0.313 e. The largest absolute Gasteiger partial charge is 0.463 e. The molecule has 1 aromatic carbocycles. The Morgan fingerprint density at radius 2 is 2.05 bits per heavy atom. The summed E-state index contributed by atoms with van der Waals surface area (Å²) < 4.78 is 15.4. The van der Waals surface area contributed by atoms with E-state index in [9.17, 15) is 4.79 Å². The summed E-state index contributed by atoms with van der Waals surface area (Å²) in [6, 6.07) is 7.26. The van der Waals surface area contributed by atoms with Crippen molar-refractivity contribution in [3.63, 3.8) is 0 Å². The number of benzene rings is 1. The maximum Gasteiger partial charge on any atom is 0.313 e. The van der Waals surface area contributed by atoms with E-state index >= 15 is 0 Å². The second-order valence-corrected chi connectivity index (χ2v) is 4.52. The highest BCUT2D eigenvalue weighted by molar-refractivity contribution is 5.78. The minimum atomic E-state index is -0.327. The van der Waals surface area contributed by atoms with Gasteiger partial charge in [0.1, 0.15) is 6.61 Å². The second kappa shape index (κ2) is 9.34. The van der Waals surface area contributed by atoms with Crippen LogP contribution in [0.25, 0.3) is 0 Å². The van der Waals surface area contributed by atoms with Crippen LogP contribution in [0.5, 0.6) is 0 Å². The molecule has 0 spiro atoms. The van der Waals surface area contributed by atoms with E-state index in [2.05, 4.69) is 0 Å². The summed E-state index contributed by atoms with van der Waals surface area (Å²) in [4.78, 5) is 11.9. The van der Waals surface area contributed by atoms with E-state index in [0.717, 1.165) is 12.0 Å². The van der Waals surface area contributed by atoms with Gasteiger partial charge in [-0.3, -0.25) is 4.79 Å². The fourth-order valence-corrected chi connectivity index (χ4v) is 1.70. The van der Waals surface area contributed by atoms with Crippen LogP contribution in [0.15, 0.2) is 24.3 Å². The van der Waals surface area contributed by atoms with Gasteiger partial charge in [0.2, 0.25) is 0 Å². The lowest BCUT2D eigenvalue weighted by Gasteiger charge is -2.12. The lowest BCUT2D eigenvalue weighted by Crippen LogP contribution is -2.16. The van der Waals surface area contributed by atoms with Crippen LogP contribution in [0.1, 0.15) is 24.8 Å². The molecule has 0 fully saturated rings. The molecule has 5 nitrogen and oxygen atoms in total. The van der Waals surface area contributed by atoms with Gasteiger partial charge in [-0.15, -0.1) is 0 Å². The summed E-state index contributed by atoms with van der Waals surface area (Å²) >= 11 is 0. The van der Waals surface area contributed by atoms with E-state index in [1.807, 2.05) is 12.1 Å². The van der Waals surface area contributed by atoms with Gasteiger partial charge in [-0.2, -0.15) is 0 Å². The zero-order valence-electron chi connectivity index (χ0n) is 12.1. The van der Waals surface area contributed by atoms with Gasteiger partial charge in [-0.25, -0.2) is 0 Å². The topological polar surface area (TPSA) is 70.8 Å². The van der Waals surface area contributed by atoms with Crippen LogP contribution in [0.4, 0.5) is 5.69 Å². The molecular formula is C15H23NO4. The molecule has 1 atom stereocenters. The lowest BCUT2D eigenvalue weighted by molar-refractivity contribution is -0.146. The highest BCUT2D eigenvalue weighted by atomic mass is 16.6. The van der Waals surface area contributed by atoms with Crippen molar-refractivity contribution < 1.29 is 19.0 Å². The first kappa shape index (κ1) is 16.5. The Labute approximate surface area is 120 Å². The van der Waals surface area contributed by atoms with E-state index in [1.165, 1.54) is 0 Å². The summed E-state index contributed by atoms with van der Waals surface area (Å²) in [5.41, 5.74) is 7.19. The summed E-state index contributed by atoms with van der Waals surface area (Å²) in [6.07, 6.45) is 0.837. The Kier molecular flexibility index (Phi) is 7.69. The third-order valence-corrected chi connectivity index (χ3v) is 2.87. The molecule has 0 aromatic heterocycles. The van der Waals surface area contributed by atoms with Crippen molar-refractivity contribution in [2.75, 3.05) is 39.3 Å². The molecule has 5 heteroatoms. The van der Waals surface area contributed by atoms with Crippen LogP contribution in [-0.2, 0) is 19.0 Å². The maximum atomic E-state index is 11.9. The number of hydrogen-bond acceptors (Lipinski definition) is 5. The molecule has 0 amide bonds. The molecule has 0 aliphatic rings. The fourth-order valence-electron chi connectivity index (χ4n) is 1.70. The highest BCUT2D eigenvalue weighted by Gasteiger charge is 2.16. The molecule has 0 saturated carbocycles. The van der Waals surface area contributed by atoms with Gasteiger partial charge in [0.15, 0.2) is 0 Å². The Morgan fingerprint density at radius 1 is 1.25 bits per heavy atom. The van der Waals surface area contributed by atoms with Gasteiger partial charge < -0.3 is 19.9 Å². The van der Waals surface area contributed by atoms with Crippen molar-refractivity contribution in [2.45, 2.75) is 19.3 Å². The Morgan fingerprint density at radius 3 is 2.75 bits per heavy atom. The molecule has 0 radical (unpaired) electrons. The number of carbonyl (C=O) groups is 1. The summed E-state index contributed by atoms with van der Waals surface area (Å²) in [5.74, 6) is -0.594. The lowest BCUT2D eigenvalue weighted by atomic mass is 10.0. The number of nitrogen functional groups attached to an aromatic ring is 1. The number of nitrogens with two attached hydrogens (primary N) is 1. The van der Waals surface area contributed by atoms with Gasteiger partial charge in [-0.1, -0.05) is 12.1 Å². The summed E-state index contributed by atoms with van der Waals surface area (Å²) in [5, 5.41) is 0. The van der Waals surface area contributed by atoms with E-state index in [0.29, 0.717) is 25.5 Å². The molecule has 0 saturated heterocycles. The Balaban J connectivity index is 2.22. The first-order chi connectivity index (χ1) is 9.65. The van der Waals surface area contributed by atoms with Crippen molar-refractivity contribution in [1.29, 1.82) is 0 Å². The summed E-state index contributed by atoms with van der Waals surface area (Å²) in [6.45, 7) is 3.75. The Bertz CT molecular complexity index is 409. The molecule has 0 bridgehead atoms. The fraction of sp³-hybridized carbons (Fsp3) is 0.533. The van der Waals surface area contributed by atoms with Gasteiger partial charge in [0.25, 0.3) is 0 Å². The van der Waals surface area contributed by atoms with Crippen LogP contribution in [-0.4, -0.2) is 39.5 Å². The first-order valence-corrected chi connectivity index (χ1v) is 6.74. The predicted octanol–water partition coefficient (Wildman–Crippen LogP) is 1.97. The number of carbonyl (C=O) groups excluding carboxylic acids is 1. The summed E-state index contributed by atoms with van der Waals surface area (Å²) in [7, 11) is 1.65. The van der Waals surface area contributed by atoms with Crippen LogP contribution < -0.4 is 5.73 Å². The van der Waals surface area contributed by atoms with Crippen LogP contribution in [0, 0.1) is 0 Å². The van der Waals surface area contributed by atoms with E-state index in [1.54, 1.807) is 26.2 Å². The predicted molar refractivity (Wildman–Crippen MR) is 77.5 cm³/mol. The van der Waals surface area contributed by atoms with Crippen molar-refractivity contribution in [1.82, 2.24) is 0 Å². The zero-order valence-corrected chi connectivity index (χ0v) is 12.1. The number of methoxy groups -OCH3 is 1. The number of anilines is 1. The van der Waals surface area contributed by atoms with Crippen LogP contribution >= 0.6 is 0 Å². The highest BCUT2D eigenvalue weighted by Crippen LogP contribution is 2.18. The van der Waals surface area contributed by atoms with E-state index in [4.69, 9.17) is 19.9 Å². The molecule has 20 heavy (non-hydrogen) atoms. The first-order valence-electron chi connectivity index (χ1n) is 6.74. The average Bonchev–Trinajstić information content (AvgIpc) is 2.45. The Hall–Kier alpha value is -1.59. The van der Waals surface area contributed by atoms with Crippen molar-refractivity contribution in [3.05, 3.63) is 29.8 Å². The number of rotatable bonds is 9. The molecule has 1 unspecified atom stereocenters. The molecule has 0 heterocycles. The second-order valence-electron chi connectivity index (χ2n) is 4.52. The van der Waals surface area contributed by atoms with Crippen LogP contribution in [0.2, 0.25) is 0 Å². The van der Waals surface area contributed by atoms with Gasteiger partial charge in [0.05, 0.1) is 12.5 Å². The van der Waals surface area contributed by atoms with Gasteiger partial charge in [-0.05, 0) is 31.0 Å². The number of ether oxygens (including phenoxy) is 3. The number of hydrogen-bond donors (Lipinski definition) is 1. The van der Waals surface area contributed by atoms with Gasteiger partial charge >= 0.3 is 5.97 Å². The SMILES string of the molecule is COCCCOCCOC(=O)C(C)c1cccc(N)c1. The maximum absolute atomic E-state index is 11.9. The van der Waals surface area contributed by atoms with Crippen molar-refractivity contribution in [2.24, 2.45) is 0 Å². The van der Waals surface area contributed by atoms with Crippen molar-refractivity contribution >= 4 is 11.7 Å². The monoisotopic (exact) mass is 281 g/mol. The molecule has 0 aliphatic carbocycles.